The number of piperidine rings is 1. The molecule has 5 heteroatoms. The number of hydrogen-bond acceptors (Lipinski definition) is 3. The Hall–Kier alpha value is -1.10. The molecule has 1 amide bonds. The lowest BCUT2D eigenvalue weighted by atomic mass is 9.95. The highest BCUT2D eigenvalue weighted by Crippen LogP contribution is 2.13. The molecule has 1 fully saturated rings. The Morgan fingerprint density at radius 1 is 1.53 bits per heavy atom. The van der Waals surface area contributed by atoms with Gasteiger partial charge in [0.05, 0.1) is 5.92 Å². The lowest BCUT2D eigenvalue weighted by Gasteiger charge is -2.26. The van der Waals surface area contributed by atoms with Crippen LogP contribution in [0.1, 0.15) is 33.1 Å². The number of aliphatic carboxylic acids is 1. The SMILES string of the molecule is CCC(C)C(NC(=O)C1CCCNC1)C(=O)O. The maximum absolute atomic E-state index is 11.9. The summed E-state index contributed by atoms with van der Waals surface area (Å²) in [6, 6.07) is -0.769. The summed E-state index contributed by atoms with van der Waals surface area (Å²) in [6.45, 7) is 5.36. The molecule has 1 saturated heterocycles. The number of nitrogens with one attached hydrogen (secondary N) is 2. The Balaban J connectivity index is 2.53. The number of carboxylic acids is 1. The summed E-state index contributed by atoms with van der Waals surface area (Å²) in [7, 11) is 0. The van der Waals surface area contributed by atoms with Crippen LogP contribution in [0.4, 0.5) is 0 Å². The molecule has 0 spiro atoms. The molecule has 1 heterocycles. The molecule has 3 N–H and O–H groups in total. The minimum Gasteiger partial charge on any atom is -0.480 e. The summed E-state index contributed by atoms with van der Waals surface area (Å²) >= 11 is 0. The van der Waals surface area contributed by atoms with Crippen molar-refractivity contribution in [1.82, 2.24) is 10.6 Å². The zero-order chi connectivity index (χ0) is 12.8. The highest BCUT2D eigenvalue weighted by Gasteiger charge is 2.29. The number of rotatable bonds is 5. The standard InChI is InChI=1S/C12H22N2O3/c1-3-8(2)10(12(16)17)14-11(15)9-5-4-6-13-7-9/h8-10,13H,3-7H2,1-2H3,(H,14,15)(H,16,17). The van der Waals surface area contributed by atoms with Crippen LogP contribution in [0.3, 0.4) is 0 Å². The van der Waals surface area contributed by atoms with E-state index in [1.54, 1.807) is 0 Å². The predicted molar refractivity (Wildman–Crippen MR) is 64.6 cm³/mol. The summed E-state index contributed by atoms with van der Waals surface area (Å²) in [5, 5.41) is 14.9. The maximum atomic E-state index is 11.9. The van der Waals surface area contributed by atoms with E-state index >= 15 is 0 Å². The van der Waals surface area contributed by atoms with Gasteiger partial charge in [0, 0.05) is 6.54 Å². The van der Waals surface area contributed by atoms with Gasteiger partial charge < -0.3 is 15.7 Å². The van der Waals surface area contributed by atoms with Crippen LogP contribution in [0.2, 0.25) is 0 Å². The van der Waals surface area contributed by atoms with Gasteiger partial charge in [0.25, 0.3) is 0 Å². The monoisotopic (exact) mass is 242 g/mol. The molecule has 0 aromatic heterocycles. The van der Waals surface area contributed by atoms with Crippen molar-refractivity contribution in [3.63, 3.8) is 0 Å². The third-order valence-electron chi connectivity index (χ3n) is 3.44. The maximum Gasteiger partial charge on any atom is 0.326 e. The normalized spacial score (nSPS) is 23.8. The number of carboxylic acid groups (broad SMARTS) is 1. The van der Waals surface area contributed by atoms with Crippen LogP contribution < -0.4 is 10.6 Å². The summed E-state index contributed by atoms with van der Waals surface area (Å²) < 4.78 is 0. The van der Waals surface area contributed by atoms with Crippen molar-refractivity contribution in [2.45, 2.75) is 39.2 Å². The van der Waals surface area contributed by atoms with Gasteiger partial charge in [-0.1, -0.05) is 20.3 Å². The Bertz CT molecular complexity index is 275. The zero-order valence-corrected chi connectivity index (χ0v) is 10.5. The summed E-state index contributed by atoms with van der Waals surface area (Å²) in [5.41, 5.74) is 0. The molecule has 3 atom stereocenters. The van der Waals surface area contributed by atoms with E-state index in [0.29, 0.717) is 6.54 Å². The molecule has 3 unspecified atom stereocenters. The molecule has 0 bridgehead atoms. The van der Waals surface area contributed by atoms with Crippen molar-refractivity contribution in [3.05, 3.63) is 0 Å². The molecule has 17 heavy (non-hydrogen) atoms. The van der Waals surface area contributed by atoms with Crippen molar-refractivity contribution in [1.29, 1.82) is 0 Å². The first-order valence-corrected chi connectivity index (χ1v) is 6.30. The minimum atomic E-state index is -0.948. The van der Waals surface area contributed by atoms with Gasteiger partial charge in [-0.05, 0) is 25.3 Å². The lowest BCUT2D eigenvalue weighted by molar-refractivity contribution is -0.144. The molecule has 5 nitrogen and oxygen atoms in total. The van der Waals surface area contributed by atoms with Crippen LogP contribution in [-0.4, -0.2) is 36.1 Å². The number of carbonyl (C=O) groups excluding carboxylic acids is 1. The molecule has 1 aliphatic rings. The third-order valence-corrected chi connectivity index (χ3v) is 3.44. The van der Waals surface area contributed by atoms with Gasteiger partial charge in [0.2, 0.25) is 5.91 Å². The zero-order valence-electron chi connectivity index (χ0n) is 10.5. The number of amides is 1. The Morgan fingerprint density at radius 3 is 2.71 bits per heavy atom. The fourth-order valence-corrected chi connectivity index (χ4v) is 2.03. The molecular formula is C12H22N2O3. The number of carbonyl (C=O) groups is 2. The van der Waals surface area contributed by atoms with Crippen molar-refractivity contribution in [3.8, 4) is 0 Å². The summed E-state index contributed by atoms with van der Waals surface area (Å²) in [6.07, 6.45) is 2.55. The second kappa shape index (κ2) is 6.59. The average molecular weight is 242 g/mol. The highest BCUT2D eigenvalue weighted by molar-refractivity contribution is 5.85. The van der Waals surface area contributed by atoms with Gasteiger partial charge in [0.1, 0.15) is 6.04 Å². The first-order valence-electron chi connectivity index (χ1n) is 6.30. The van der Waals surface area contributed by atoms with Crippen LogP contribution >= 0.6 is 0 Å². The van der Waals surface area contributed by atoms with E-state index < -0.39 is 12.0 Å². The van der Waals surface area contributed by atoms with Gasteiger partial charge in [-0.15, -0.1) is 0 Å². The predicted octanol–water partition coefficient (Wildman–Crippen LogP) is 0.602. The molecule has 0 saturated carbocycles. The van der Waals surface area contributed by atoms with Crippen LogP contribution in [-0.2, 0) is 9.59 Å². The topological polar surface area (TPSA) is 78.4 Å². The molecule has 0 aromatic carbocycles. The molecular weight excluding hydrogens is 220 g/mol. The van der Waals surface area contributed by atoms with E-state index in [1.165, 1.54) is 0 Å². The largest absolute Gasteiger partial charge is 0.480 e. The Kier molecular flexibility index (Phi) is 5.41. The van der Waals surface area contributed by atoms with Gasteiger partial charge in [-0.3, -0.25) is 4.79 Å². The van der Waals surface area contributed by atoms with E-state index in [0.717, 1.165) is 25.8 Å². The molecule has 98 valence electrons. The molecule has 0 radical (unpaired) electrons. The smallest absolute Gasteiger partial charge is 0.326 e. The second-order valence-corrected chi connectivity index (χ2v) is 4.75. The van der Waals surface area contributed by atoms with E-state index in [4.69, 9.17) is 5.11 Å². The third kappa shape index (κ3) is 4.00. The van der Waals surface area contributed by atoms with Crippen molar-refractivity contribution < 1.29 is 14.7 Å². The van der Waals surface area contributed by atoms with Crippen LogP contribution in [0.5, 0.6) is 0 Å². The van der Waals surface area contributed by atoms with E-state index in [1.807, 2.05) is 13.8 Å². The second-order valence-electron chi connectivity index (χ2n) is 4.75. The van der Waals surface area contributed by atoms with Crippen LogP contribution in [0.25, 0.3) is 0 Å². The number of hydrogen-bond donors (Lipinski definition) is 3. The molecule has 0 aromatic rings. The Labute approximate surface area is 102 Å². The highest BCUT2D eigenvalue weighted by atomic mass is 16.4. The fraction of sp³-hybridized carbons (Fsp3) is 0.833. The van der Waals surface area contributed by atoms with E-state index in [9.17, 15) is 9.59 Å². The lowest BCUT2D eigenvalue weighted by Crippen LogP contribution is -2.49. The van der Waals surface area contributed by atoms with E-state index in [2.05, 4.69) is 10.6 Å². The van der Waals surface area contributed by atoms with Gasteiger partial charge in [0.15, 0.2) is 0 Å². The van der Waals surface area contributed by atoms with E-state index in [-0.39, 0.29) is 17.7 Å². The van der Waals surface area contributed by atoms with Gasteiger partial charge >= 0.3 is 5.97 Å². The first-order chi connectivity index (χ1) is 8.06. The average Bonchev–Trinajstić information content (AvgIpc) is 2.35. The van der Waals surface area contributed by atoms with Gasteiger partial charge in [-0.25, -0.2) is 4.79 Å². The van der Waals surface area contributed by atoms with Crippen LogP contribution in [0.15, 0.2) is 0 Å². The van der Waals surface area contributed by atoms with Crippen molar-refractivity contribution in [2.75, 3.05) is 13.1 Å². The summed E-state index contributed by atoms with van der Waals surface area (Å²) in [4.78, 5) is 23.0. The quantitative estimate of drug-likeness (QED) is 0.659. The molecule has 1 rings (SSSR count). The molecule has 1 aliphatic heterocycles. The molecule has 0 aliphatic carbocycles. The van der Waals surface area contributed by atoms with Crippen LogP contribution in [0, 0.1) is 11.8 Å². The fourth-order valence-electron chi connectivity index (χ4n) is 2.03. The van der Waals surface area contributed by atoms with Gasteiger partial charge in [-0.2, -0.15) is 0 Å². The minimum absolute atomic E-state index is 0.0481. The van der Waals surface area contributed by atoms with Crippen molar-refractivity contribution >= 4 is 11.9 Å². The van der Waals surface area contributed by atoms with Crippen molar-refractivity contribution in [2.24, 2.45) is 11.8 Å². The Morgan fingerprint density at radius 2 is 2.24 bits per heavy atom. The summed E-state index contributed by atoms with van der Waals surface area (Å²) in [5.74, 6) is -1.22. The first kappa shape index (κ1) is 14.0.